The summed E-state index contributed by atoms with van der Waals surface area (Å²) in [6.07, 6.45) is 1.70. The highest BCUT2D eigenvalue weighted by molar-refractivity contribution is 7.17. The number of carboxylic acids is 1. The van der Waals surface area contributed by atoms with Crippen molar-refractivity contribution >= 4 is 17.3 Å². The van der Waals surface area contributed by atoms with Crippen LogP contribution in [0.4, 0.5) is 0 Å². The van der Waals surface area contributed by atoms with Crippen molar-refractivity contribution in [1.29, 1.82) is 0 Å². The molecule has 0 aliphatic heterocycles. The Labute approximate surface area is 84.2 Å². The van der Waals surface area contributed by atoms with Crippen molar-refractivity contribution in [3.8, 4) is 10.6 Å². The first-order chi connectivity index (χ1) is 6.66. The Balaban J connectivity index is 2.38. The lowest BCUT2D eigenvalue weighted by atomic mass is 10.3. The molecule has 0 radical (unpaired) electrons. The zero-order valence-corrected chi connectivity index (χ0v) is 8.26. The molecule has 72 valence electrons. The predicted octanol–water partition coefficient (Wildman–Crippen LogP) is 2.14. The fourth-order valence-corrected chi connectivity index (χ4v) is 1.95. The Bertz CT molecular complexity index is 473. The van der Waals surface area contributed by atoms with E-state index >= 15 is 0 Å². The highest BCUT2D eigenvalue weighted by Crippen LogP contribution is 2.26. The summed E-state index contributed by atoms with van der Waals surface area (Å²) in [6, 6.07) is 3.37. The maximum atomic E-state index is 10.6. The highest BCUT2D eigenvalue weighted by atomic mass is 32.1. The maximum absolute atomic E-state index is 10.6. The SMILES string of the molecule is Cc1ncc(-c2ccc(C(=O)O)s2)[nH]1. The van der Waals surface area contributed by atoms with E-state index in [-0.39, 0.29) is 0 Å². The van der Waals surface area contributed by atoms with Crippen LogP contribution in [0.25, 0.3) is 10.6 Å². The van der Waals surface area contributed by atoms with Crippen LogP contribution in [-0.2, 0) is 0 Å². The summed E-state index contributed by atoms with van der Waals surface area (Å²) in [7, 11) is 0. The number of imidazole rings is 1. The van der Waals surface area contributed by atoms with Crippen molar-refractivity contribution in [1.82, 2.24) is 9.97 Å². The van der Waals surface area contributed by atoms with E-state index in [9.17, 15) is 4.79 Å². The standard InChI is InChI=1S/C9H8N2O2S/c1-5-10-4-6(11-5)7-2-3-8(14-7)9(12)13/h2-4H,1H3,(H,10,11)(H,12,13). The van der Waals surface area contributed by atoms with Crippen molar-refractivity contribution in [2.45, 2.75) is 6.92 Å². The molecule has 0 saturated carbocycles. The third-order valence-electron chi connectivity index (χ3n) is 1.79. The minimum absolute atomic E-state index is 0.340. The second-order valence-electron chi connectivity index (χ2n) is 2.85. The summed E-state index contributed by atoms with van der Waals surface area (Å²) in [6.45, 7) is 1.86. The predicted molar refractivity (Wildman–Crippen MR) is 53.6 cm³/mol. The van der Waals surface area contributed by atoms with E-state index in [0.29, 0.717) is 4.88 Å². The molecule has 0 bridgehead atoms. The first kappa shape index (κ1) is 8.96. The molecular formula is C9H8N2O2S. The molecule has 2 rings (SSSR count). The normalized spacial score (nSPS) is 10.4. The molecule has 0 aliphatic carbocycles. The topological polar surface area (TPSA) is 66.0 Å². The molecule has 2 aromatic rings. The van der Waals surface area contributed by atoms with E-state index < -0.39 is 5.97 Å². The van der Waals surface area contributed by atoms with Crippen LogP contribution in [0.3, 0.4) is 0 Å². The van der Waals surface area contributed by atoms with Crippen LogP contribution in [0.15, 0.2) is 18.3 Å². The molecule has 5 heteroatoms. The highest BCUT2D eigenvalue weighted by Gasteiger charge is 2.09. The summed E-state index contributed by atoms with van der Waals surface area (Å²) >= 11 is 1.24. The molecule has 0 spiro atoms. The summed E-state index contributed by atoms with van der Waals surface area (Å²) in [5, 5.41) is 8.73. The largest absolute Gasteiger partial charge is 0.477 e. The Morgan fingerprint density at radius 3 is 2.86 bits per heavy atom. The van der Waals surface area contributed by atoms with Crippen molar-refractivity contribution in [3.05, 3.63) is 29.0 Å². The van der Waals surface area contributed by atoms with Gasteiger partial charge in [0.15, 0.2) is 0 Å². The van der Waals surface area contributed by atoms with E-state index in [2.05, 4.69) is 9.97 Å². The molecule has 0 fully saturated rings. The molecule has 4 nitrogen and oxygen atoms in total. The Morgan fingerprint density at radius 2 is 2.36 bits per heavy atom. The van der Waals surface area contributed by atoms with Crippen LogP contribution in [0.5, 0.6) is 0 Å². The first-order valence-electron chi connectivity index (χ1n) is 4.02. The molecule has 2 aromatic heterocycles. The van der Waals surface area contributed by atoms with Gasteiger partial charge in [-0.3, -0.25) is 0 Å². The Morgan fingerprint density at radius 1 is 1.57 bits per heavy atom. The average molecular weight is 208 g/mol. The van der Waals surface area contributed by atoms with Crippen LogP contribution < -0.4 is 0 Å². The quantitative estimate of drug-likeness (QED) is 0.794. The van der Waals surface area contributed by atoms with Gasteiger partial charge in [-0.1, -0.05) is 0 Å². The van der Waals surface area contributed by atoms with Gasteiger partial charge in [-0.05, 0) is 19.1 Å². The van der Waals surface area contributed by atoms with Gasteiger partial charge in [-0.2, -0.15) is 0 Å². The monoisotopic (exact) mass is 208 g/mol. The van der Waals surface area contributed by atoms with Gasteiger partial charge >= 0.3 is 5.97 Å². The minimum atomic E-state index is -0.891. The van der Waals surface area contributed by atoms with Gasteiger partial charge < -0.3 is 10.1 Å². The van der Waals surface area contributed by atoms with Gasteiger partial charge in [0.25, 0.3) is 0 Å². The lowest BCUT2D eigenvalue weighted by Gasteiger charge is -1.88. The minimum Gasteiger partial charge on any atom is -0.477 e. The Hall–Kier alpha value is -1.62. The summed E-state index contributed by atoms with van der Waals surface area (Å²) in [5.41, 5.74) is 0.861. The van der Waals surface area contributed by atoms with Gasteiger partial charge in [0.2, 0.25) is 0 Å². The molecule has 2 N–H and O–H groups in total. The molecular weight excluding hydrogens is 200 g/mol. The third-order valence-corrected chi connectivity index (χ3v) is 2.89. The Kier molecular flexibility index (Phi) is 2.09. The van der Waals surface area contributed by atoms with Gasteiger partial charge in [-0.15, -0.1) is 11.3 Å². The van der Waals surface area contributed by atoms with Crippen molar-refractivity contribution in [2.24, 2.45) is 0 Å². The number of H-pyrrole nitrogens is 1. The maximum Gasteiger partial charge on any atom is 0.345 e. The lowest BCUT2D eigenvalue weighted by Crippen LogP contribution is -1.89. The molecule has 0 atom stereocenters. The van der Waals surface area contributed by atoms with Crippen LogP contribution in [-0.4, -0.2) is 21.0 Å². The van der Waals surface area contributed by atoms with E-state index in [1.54, 1.807) is 18.3 Å². The number of aromatic carboxylic acids is 1. The number of nitrogens with zero attached hydrogens (tertiary/aromatic N) is 1. The number of carbonyl (C=O) groups is 1. The van der Waals surface area contributed by atoms with E-state index in [1.807, 2.05) is 6.92 Å². The van der Waals surface area contributed by atoms with E-state index in [4.69, 9.17) is 5.11 Å². The first-order valence-corrected chi connectivity index (χ1v) is 4.83. The van der Waals surface area contributed by atoms with Crippen LogP contribution in [0, 0.1) is 6.92 Å². The number of aryl methyl sites for hydroxylation is 1. The fourth-order valence-electron chi connectivity index (χ4n) is 1.14. The molecule has 0 amide bonds. The summed E-state index contributed by atoms with van der Waals surface area (Å²) < 4.78 is 0. The zero-order chi connectivity index (χ0) is 10.1. The zero-order valence-electron chi connectivity index (χ0n) is 7.44. The number of hydrogen-bond donors (Lipinski definition) is 2. The van der Waals surface area contributed by atoms with Gasteiger partial charge in [-0.25, -0.2) is 9.78 Å². The number of aromatic amines is 1. The second kappa shape index (κ2) is 3.26. The molecule has 0 saturated heterocycles. The number of carboxylic acid groups (broad SMARTS) is 1. The van der Waals surface area contributed by atoms with Gasteiger partial charge in [0.1, 0.15) is 10.7 Å². The van der Waals surface area contributed by atoms with E-state index in [1.165, 1.54) is 11.3 Å². The van der Waals surface area contributed by atoms with Gasteiger partial charge in [0, 0.05) is 0 Å². The summed E-state index contributed by atoms with van der Waals surface area (Å²) in [4.78, 5) is 19.0. The number of aromatic nitrogens is 2. The number of rotatable bonds is 2. The number of hydrogen-bond acceptors (Lipinski definition) is 3. The van der Waals surface area contributed by atoms with Crippen LogP contribution >= 0.6 is 11.3 Å². The molecule has 0 unspecified atom stereocenters. The fraction of sp³-hybridized carbons (Fsp3) is 0.111. The van der Waals surface area contributed by atoms with Crippen LogP contribution in [0.2, 0.25) is 0 Å². The molecule has 2 heterocycles. The summed E-state index contributed by atoms with van der Waals surface area (Å²) in [5.74, 6) is -0.0669. The molecule has 0 aromatic carbocycles. The van der Waals surface area contributed by atoms with Gasteiger partial charge in [0.05, 0.1) is 16.8 Å². The number of nitrogens with one attached hydrogen (secondary N) is 1. The average Bonchev–Trinajstić information content (AvgIpc) is 2.70. The second-order valence-corrected chi connectivity index (χ2v) is 3.94. The van der Waals surface area contributed by atoms with Crippen molar-refractivity contribution < 1.29 is 9.90 Å². The van der Waals surface area contributed by atoms with Crippen molar-refractivity contribution in [2.75, 3.05) is 0 Å². The number of thiophene rings is 1. The van der Waals surface area contributed by atoms with Crippen LogP contribution in [0.1, 0.15) is 15.5 Å². The molecule has 14 heavy (non-hydrogen) atoms. The third kappa shape index (κ3) is 1.54. The molecule has 0 aliphatic rings. The smallest absolute Gasteiger partial charge is 0.345 e. The lowest BCUT2D eigenvalue weighted by molar-refractivity contribution is 0.0702. The van der Waals surface area contributed by atoms with Crippen molar-refractivity contribution in [3.63, 3.8) is 0 Å². The van der Waals surface area contributed by atoms with E-state index in [0.717, 1.165) is 16.4 Å².